The average Bonchev–Trinajstić information content (AvgIpc) is 3.16. The number of nitrogens with zero attached hydrogens (tertiary/aromatic N) is 3. The van der Waals surface area contributed by atoms with Crippen LogP contribution < -0.4 is 14.8 Å². The number of rotatable bonds is 6. The quantitative estimate of drug-likeness (QED) is 0.881. The number of nitrogens with one attached hydrogen (secondary N) is 1. The zero-order valence-electron chi connectivity index (χ0n) is 14.2. The van der Waals surface area contributed by atoms with E-state index >= 15 is 0 Å². The van der Waals surface area contributed by atoms with Gasteiger partial charge in [-0.1, -0.05) is 32.4 Å². The normalized spacial score (nSPS) is 12.7. The van der Waals surface area contributed by atoms with Gasteiger partial charge in [0.25, 0.3) is 0 Å². The molecule has 2 aromatic rings. The number of hydrogen-bond acceptors (Lipinski definition) is 5. The maximum absolute atomic E-state index is 12.3. The first-order valence-electron chi connectivity index (χ1n) is 8.19. The highest BCUT2D eigenvalue weighted by Crippen LogP contribution is 2.37. The Kier molecular flexibility index (Phi) is 4.69. The molecule has 7 heteroatoms. The van der Waals surface area contributed by atoms with E-state index in [-0.39, 0.29) is 25.2 Å². The molecule has 0 saturated heterocycles. The van der Waals surface area contributed by atoms with Crippen LogP contribution in [0.2, 0.25) is 0 Å². The fourth-order valence-electron chi connectivity index (χ4n) is 2.57. The topological polar surface area (TPSA) is 78.3 Å². The number of ether oxygens (including phenoxy) is 2. The van der Waals surface area contributed by atoms with Crippen LogP contribution >= 0.6 is 0 Å². The summed E-state index contributed by atoms with van der Waals surface area (Å²) in [4.78, 5) is 12.3. The lowest BCUT2D eigenvalue weighted by atomic mass is 10.1. The molecule has 1 aliphatic rings. The van der Waals surface area contributed by atoms with Crippen LogP contribution in [-0.4, -0.2) is 27.7 Å². The molecule has 128 valence electrons. The van der Waals surface area contributed by atoms with E-state index < -0.39 is 0 Å². The third-order valence-electron chi connectivity index (χ3n) is 3.85. The first kappa shape index (κ1) is 16.3. The molecule has 0 spiro atoms. The third kappa shape index (κ3) is 3.50. The van der Waals surface area contributed by atoms with Crippen molar-refractivity contribution in [1.82, 2.24) is 15.0 Å². The van der Waals surface area contributed by atoms with Gasteiger partial charge in [-0.3, -0.25) is 4.79 Å². The van der Waals surface area contributed by atoms with Gasteiger partial charge in [0.15, 0.2) is 11.5 Å². The van der Waals surface area contributed by atoms with E-state index in [1.54, 1.807) is 10.9 Å². The minimum Gasteiger partial charge on any atom is -0.454 e. The molecule has 0 saturated carbocycles. The van der Waals surface area contributed by atoms with Gasteiger partial charge in [-0.15, -0.1) is 5.10 Å². The van der Waals surface area contributed by atoms with Crippen LogP contribution in [0.25, 0.3) is 0 Å². The Morgan fingerprint density at radius 2 is 2.08 bits per heavy atom. The molecule has 1 aromatic heterocycles. The molecule has 2 heterocycles. The summed E-state index contributed by atoms with van der Waals surface area (Å²) in [7, 11) is 0. The van der Waals surface area contributed by atoms with Crippen LogP contribution in [-0.2, 0) is 17.8 Å². The molecule has 0 aliphatic carbocycles. The van der Waals surface area contributed by atoms with Crippen LogP contribution in [0.4, 0.5) is 5.69 Å². The van der Waals surface area contributed by atoms with E-state index in [0.29, 0.717) is 5.75 Å². The van der Waals surface area contributed by atoms with Crippen LogP contribution in [0.3, 0.4) is 0 Å². The number of aromatic nitrogens is 3. The predicted octanol–water partition coefficient (Wildman–Crippen LogP) is 2.72. The molecule has 0 fully saturated rings. The van der Waals surface area contributed by atoms with Gasteiger partial charge < -0.3 is 14.8 Å². The number of carbonyl (C=O) groups excluding carboxylic acids is 1. The highest BCUT2D eigenvalue weighted by Gasteiger charge is 2.18. The molecule has 3 rings (SSSR count). The minimum absolute atomic E-state index is 0.125. The molecule has 1 N–H and O–H groups in total. The standard InChI is InChI=1S/C17H22N4O3/c1-4-5-12-6-15-16(24-10-23-15)7-13(12)18-17(22)9-21-8-14(11(2)3)19-20-21/h6-8,11H,4-5,9-10H2,1-3H3,(H,18,22). The van der Waals surface area contributed by atoms with Crippen molar-refractivity contribution in [2.24, 2.45) is 0 Å². The molecule has 0 bridgehead atoms. The lowest BCUT2D eigenvalue weighted by Crippen LogP contribution is -2.20. The number of fused-ring (bicyclic) bond motifs is 1. The van der Waals surface area contributed by atoms with Gasteiger partial charge in [-0.05, 0) is 24.0 Å². The summed E-state index contributed by atoms with van der Waals surface area (Å²) in [5, 5.41) is 11.0. The predicted molar refractivity (Wildman–Crippen MR) is 89.3 cm³/mol. The largest absolute Gasteiger partial charge is 0.454 e. The van der Waals surface area contributed by atoms with Gasteiger partial charge in [-0.2, -0.15) is 0 Å². The van der Waals surface area contributed by atoms with Crippen molar-refractivity contribution in [2.75, 3.05) is 12.1 Å². The van der Waals surface area contributed by atoms with Crippen molar-refractivity contribution >= 4 is 11.6 Å². The van der Waals surface area contributed by atoms with E-state index in [1.165, 1.54) is 0 Å². The molecular weight excluding hydrogens is 308 g/mol. The Labute approximate surface area is 141 Å². The van der Waals surface area contributed by atoms with E-state index in [2.05, 4.69) is 22.6 Å². The van der Waals surface area contributed by atoms with Crippen molar-refractivity contribution in [2.45, 2.75) is 46.1 Å². The Morgan fingerprint density at radius 3 is 2.75 bits per heavy atom. The molecule has 24 heavy (non-hydrogen) atoms. The third-order valence-corrected chi connectivity index (χ3v) is 3.85. The van der Waals surface area contributed by atoms with E-state index in [9.17, 15) is 4.79 Å². The number of anilines is 1. The van der Waals surface area contributed by atoms with Crippen molar-refractivity contribution in [1.29, 1.82) is 0 Å². The zero-order chi connectivity index (χ0) is 17.1. The summed E-state index contributed by atoms with van der Waals surface area (Å²) >= 11 is 0. The van der Waals surface area contributed by atoms with Crippen molar-refractivity contribution < 1.29 is 14.3 Å². The summed E-state index contributed by atoms with van der Waals surface area (Å²) in [5.41, 5.74) is 2.67. The lowest BCUT2D eigenvalue weighted by Gasteiger charge is -2.12. The Hall–Kier alpha value is -2.57. The molecule has 0 atom stereocenters. The van der Waals surface area contributed by atoms with E-state index in [0.717, 1.165) is 35.5 Å². The SMILES string of the molecule is CCCc1cc2c(cc1NC(=O)Cn1cc(C(C)C)nn1)OCO2. The summed E-state index contributed by atoms with van der Waals surface area (Å²) < 4.78 is 12.4. The molecule has 7 nitrogen and oxygen atoms in total. The lowest BCUT2D eigenvalue weighted by molar-refractivity contribution is -0.116. The van der Waals surface area contributed by atoms with Crippen molar-refractivity contribution in [3.8, 4) is 11.5 Å². The van der Waals surface area contributed by atoms with Crippen LogP contribution in [0.5, 0.6) is 11.5 Å². The van der Waals surface area contributed by atoms with E-state index in [4.69, 9.17) is 9.47 Å². The first-order chi connectivity index (χ1) is 11.6. The molecule has 0 unspecified atom stereocenters. The van der Waals surface area contributed by atoms with Gasteiger partial charge in [-0.25, -0.2) is 4.68 Å². The van der Waals surface area contributed by atoms with Gasteiger partial charge >= 0.3 is 0 Å². The van der Waals surface area contributed by atoms with Crippen LogP contribution in [0.15, 0.2) is 18.3 Å². The number of carbonyl (C=O) groups is 1. The van der Waals surface area contributed by atoms with Gasteiger partial charge in [0.05, 0.1) is 5.69 Å². The number of benzene rings is 1. The smallest absolute Gasteiger partial charge is 0.246 e. The number of amides is 1. The molecular formula is C17H22N4O3. The second-order valence-electron chi connectivity index (χ2n) is 6.16. The maximum Gasteiger partial charge on any atom is 0.246 e. The molecule has 0 radical (unpaired) electrons. The maximum atomic E-state index is 12.3. The summed E-state index contributed by atoms with van der Waals surface area (Å²) in [6.45, 7) is 6.52. The van der Waals surface area contributed by atoms with Crippen molar-refractivity contribution in [3.63, 3.8) is 0 Å². The number of hydrogen-bond donors (Lipinski definition) is 1. The van der Waals surface area contributed by atoms with Crippen LogP contribution in [0.1, 0.15) is 44.4 Å². The summed E-state index contributed by atoms with van der Waals surface area (Å²) in [5.74, 6) is 1.53. The Balaban J connectivity index is 1.73. The number of aryl methyl sites for hydroxylation is 1. The zero-order valence-corrected chi connectivity index (χ0v) is 14.2. The monoisotopic (exact) mass is 330 g/mol. The second kappa shape index (κ2) is 6.90. The fourth-order valence-corrected chi connectivity index (χ4v) is 2.57. The highest BCUT2D eigenvalue weighted by atomic mass is 16.7. The second-order valence-corrected chi connectivity index (χ2v) is 6.16. The average molecular weight is 330 g/mol. The Morgan fingerprint density at radius 1 is 1.33 bits per heavy atom. The van der Waals surface area contributed by atoms with Crippen molar-refractivity contribution in [3.05, 3.63) is 29.6 Å². The molecule has 1 amide bonds. The van der Waals surface area contributed by atoms with Gasteiger partial charge in [0.2, 0.25) is 12.7 Å². The van der Waals surface area contributed by atoms with Gasteiger partial charge in [0.1, 0.15) is 6.54 Å². The molecule has 1 aromatic carbocycles. The van der Waals surface area contributed by atoms with Gasteiger partial charge in [0, 0.05) is 18.0 Å². The molecule has 1 aliphatic heterocycles. The minimum atomic E-state index is -0.147. The highest BCUT2D eigenvalue weighted by molar-refractivity contribution is 5.91. The van der Waals surface area contributed by atoms with E-state index in [1.807, 2.05) is 26.0 Å². The van der Waals surface area contributed by atoms with Crippen LogP contribution in [0, 0.1) is 0 Å². The summed E-state index contributed by atoms with van der Waals surface area (Å²) in [6.07, 6.45) is 3.63. The Bertz CT molecular complexity index is 739. The summed E-state index contributed by atoms with van der Waals surface area (Å²) in [6, 6.07) is 3.76. The fraction of sp³-hybridized carbons (Fsp3) is 0.471. The first-order valence-corrected chi connectivity index (χ1v) is 8.19.